The Bertz CT molecular complexity index is 565. The fraction of sp³-hybridized carbons (Fsp3) is 0.538. The van der Waals surface area contributed by atoms with E-state index in [2.05, 4.69) is 5.32 Å². The van der Waals surface area contributed by atoms with Gasteiger partial charge in [-0.25, -0.2) is 4.39 Å². The van der Waals surface area contributed by atoms with Gasteiger partial charge in [0.1, 0.15) is 11.9 Å². The Labute approximate surface area is 132 Å². The molecule has 1 aliphatic heterocycles. The Morgan fingerprint density at radius 3 is 2.09 bits per heavy atom. The van der Waals surface area contributed by atoms with Crippen molar-refractivity contribution < 1.29 is 30.7 Å². The van der Waals surface area contributed by atoms with E-state index in [9.17, 15) is 30.7 Å². The molecule has 0 aliphatic carbocycles. The second kappa shape index (κ2) is 6.45. The summed E-state index contributed by atoms with van der Waals surface area (Å²) in [7, 11) is 0. The number of hydrogen-bond acceptors (Lipinski definition) is 2. The molecule has 1 heterocycles. The molecule has 1 N–H and O–H groups in total. The lowest BCUT2D eigenvalue weighted by Gasteiger charge is -2.36. The summed E-state index contributed by atoms with van der Waals surface area (Å²) < 4.78 is 92.6. The van der Waals surface area contributed by atoms with Gasteiger partial charge in [0.2, 0.25) is 0 Å². The van der Waals surface area contributed by atoms with Crippen LogP contribution in [0, 0.1) is 5.82 Å². The third-order valence-electron chi connectivity index (χ3n) is 3.51. The molecular weight excluding hydrogens is 353 g/mol. The number of halogens is 8. The molecule has 10 heteroatoms. The van der Waals surface area contributed by atoms with Crippen molar-refractivity contribution in [3.63, 3.8) is 0 Å². The minimum atomic E-state index is -4.94. The molecular formula is C13H12ClF7N2. The van der Waals surface area contributed by atoms with Gasteiger partial charge in [-0.1, -0.05) is 11.6 Å². The highest BCUT2D eigenvalue weighted by Gasteiger charge is 2.47. The molecule has 1 atom stereocenters. The maximum Gasteiger partial charge on any atom is 0.416 e. The highest BCUT2D eigenvalue weighted by molar-refractivity contribution is 6.30. The largest absolute Gasteiger partial charge is 0.416 e. The molecule has 1 aromatic rings. The first-order valence-electron chi connectivity index (χ1n) is 6.59. The van der Waals surface area contributed by atoms with Gasteiger partial charge in [0, 0.05) is 31.7 Å². The predicted octanol–water partition coefficient (Wildman–Crippen LogP) is 4.01. The van der Waals surface area contributed by atoms with Crippen molar-refractivity contribution in [3.05, 3.63) is 34.1 Å². The second-order valence-corrected chi connectivity index (χ2v) is 5.50. The lowest BCUT2D eigenvalue weighted by atomic mass is 10.00. The average Bonchev–Trinajstić information content (AvgIpc) is 2.42. The van der Waals surface area contributed by atoms with E-state index in [1.165, 1.54) is 0 Å². The number of piperazine rings is 1. The van der Waals surface area contributed by atoms with Crippen molar-refractivity contribution in [1.82, 2.24) is 10.2 Å². The van der Waals surface area contributed by atoms with E-state index < -0.39 is 40.4 Å². The van der Waals surface area contributed by atoms with Crippen molar-refractivity contribution in [2.75, 3.05) is 26.2 Å². The van der Waals surface area contributed by atoms with Gasteiger partial charge in [0.15, 0.2) is 0 Å². The fourth-order valence-electron chi connectivity index (χ4n) is 2.49. The Balaban J connectivity index is 2.55. The SMILES string of the molecule is Fc1c(Cl)cc(C(F)(F)F)cc1[C@@H](N1CCNCC1)C(F)(F)F. The normalized spacial score (nSPS) is 19.0. The molecule has 0 bridgehead atoms. The number of nitrogens with one attached hydrogen (secondary N) is 1. The number of rotatable bonds is 2. The first-order valence-corrected chi connectivity index (χ1v) is 6.97. The number of alkyl halides is 6. The molecule has 2 rings (SSSR count). The summed E-state index contributed by atoms with van der Waals surface area (Å²) in [5.74, 6) is -1.49. The highest BCUT2D eigenvalue weighted by Crippen LogP contribution is 2.42. The van der Waals surface area contributed by atoms with E-state index in [-0.39, 0.29) is 38.3 Å². The Hall–Kier alpha value is -1.06. The molecule has 1 aromatic carbocycles. The van der Waals surface area contributed by atoms with Crippen LogP contribution in [0.15, 0.2) is 12.1 Å². The molecule has 2 nitrogen and oxygen atoms in total. The van der Waals surface area contributed by atoms with E-state index in [4.69, 9.17) is 11.6 Å². The van der Waals surface area contributed by atoms with Gasteiger partial charge in [0.05, 0.1) is 10.6 Å². The maximum absolute atomic E-state index is 14.1. The first-order chi connectivity index (χ1) is 10.5. The van der Waals surface area contributed by atoms with Gasteiger partial charge in [-0.05, 0) is 12.1 Å². The molecule has 1 saturated heterocycles. The van der Waals surface area contributed by atoms with Gasteiger partial charge in [0.25, 0.3) is 0 Å². The van der Waals surface area contributed by atoms with Crippen molar-refractivity contribution in [1.29, 1.82) is 0 Å². The third-order valence-corrected chi connectivity index (χ3v) is 3.78. The summed E-state index contributed by atoms with van der Waals surface area (Å²) in [6.07, 6.45) is -9.86. The monoisotopic (exact) mass is 364 g/mol. The van der Waals surface area contributed by atoms with E-state index in [1.54, 1.807) is 0 Å². The zero-order valence-electron chi connectivity index (χ0n) is 11.5. The minimum absolute atomic E-state index is 0.0719. The third kappa shape index (κ3) is 4.07. The van der Waals surface area contributed by atoms with E-state index in [0.29, 0.717) is 0 Å². The molecule has 0 saturated carbocycles. The predicted molar refractivity (Wildman–Crippen MR) is 69.7 cm³/mol. The quantitative estimate of drug-likeness (QED) is 0.798. The van der Waals surface area contributed by atoms with E-state index in [1.807, 2.05) is 0 Å². The fourth-order valence-corrected chi connectivity index (χ4v) is 2.72. The summed E-state index contributed by atoms with van der Waals surface area (Å²) in [5, 5.41) is 1.84. The molecule has 0 unspecified atom stereocenters. The molecule has 1 aliphatic rings. The molecule has 130 valence electrons. The van der Waals surface area contributed by atoms with E-state index >= 15 is 0 Å². The van der Waals surface area contributed by atoms with Crippen molar-refractivity contribution in [2.24, 2.45) is 0 Å². The summed E-state index contributed by atoms with van der Waals surface area (Å²) in [6, 6.07) is -2.02. The zero-order chi connectivity index (χ0) is 17.4. The van der Waals surface area contributed by atoms with Crippen LogP contribution in [0.3, 0.4) is 0 Å². The number of hydrogen-bond donors (Lipinski definition) is 1. The van der Waals surface area contributed by atoms with Crippen LogP contribution >= 0.6 is 11.6 Å². The smallest absolute Gasteiger partial charge is 0.314 e. The zero-order valence-corrected chi connectivity index (χ0v) is 12.3. The first kappa shape index (κ1) is 18.3. The van der Waals surface area contributed by atoms with Crippen LogP contribution in [-0.4, -0.2) is 37.3 Å². The van der Waals surface area contributed by atoms with Crippen LogP contribution < -0.4 is 5.32 Å². The summed E-state index contributed by atoms with van der Waals surface area (Å²) >= 11 is 5.38. The van der Waals surface area contributed by atoms with Crippen molar-refractivity contribution >= 4 is 11.6 Å². The second-order valence-electron chi connectivity index (χ2n) is 5.09. The summed E-state index contributed by atoms with van der Waals surface area (Å²) in [4.78, 5) is 0.894. The standard InChI is InChI=1S/C13H12ClF7N2/c14-9-6-7(12(16,17)18)5-8(10(9)15)11(13(19,20)21)23-3-1-22-2-4-23/h5-6,11,22H,1-4H2/t11-/m1/s1. The van der Waals surface area contributed by atoms with E-state index in [0.717, 1.165) is 4.90 Å². The summed E-state index contributed by atoms with van der Waals surface area (Å²) in [5.41, 5.74) is -2.53. The minimum Gasteiger partial charge on any atom is -0.314 e. The molecule has 23 heavy (non-hydrogen) atoms. The van der Waals surface area contributed by atoms with Crippen LogP contribution in [0.1, 0.15) is 17.2 Å². The molecule has 0 aromatic heterocycles. The van der Waals surface area contributed by atoms with Crippen LogP contribution in [0.2, 0.25) is 5.02 Å². The Kier molecular flexibility index (Phi) is 5.12. The molecule has 0 spiro atoms. The van der Waals surface area contributed by atoms with Gasteiger partial charge in [-0.15, -0.1) is 0 Å². The van der Waals surface area contributed by atoms with Crippen LogP contribution in [-0.2, 0) is 6.18 Å². The highest BCUT2D eigenvalue weighted by atomic mass is 35.5. The molecule has 0 amide bonds. The van der Waals surface area contributed by atoms with Crippen molar-refractivity contribution in [2.45, 2.75) is 18.4 Å². The average molecular weight is 365 g/mol. The maximum atomic E-state index is 14.1. The van der Waals surface area contributed by atoms with Crippen LogP contribution in [0.5, 0.6) is 0 Å². The van der Waals surface area contributed by atoms with Gasteiger partial charge < -0.3 is 5.32 Å². The van der Waals surface area contributed by atoms with Gasteiger partial charge >= 0.3 is 12.4 Å². The van der Waals surface area contributed by atoms with Crippen LogP contribution in [0.4, 0.5) is 30.7 Å². The molecule has 0 radical (unpaired) electrons. The lowest BCUT2D eigenvalue weighted by Crippen LogP contribution is -2.49. The molecule has 1 fully saturated rings. The van der Waals surface area contributed by atoms with Crippen LogP contribution in [0.25, 0.3) is 0 Å². The lowest BCUT2D eigenvalue weighted by molar-refractivity contribution is -0.188. The number of nitrogens with zero attached hydrogens (tertiary/aromatic N) is 1. The summed E-state index contributed by atoms with van der Waals surface area (Å²) in [6.45, 7) is 0.302. The van der Waals surface area contributed by atoms with Gasteiger partial charge in [-0.2, -0.15) is 26.3 Å². The Morgan fingerprint density at radius 2 is 1.61 bits per heavy atom. The van der Waals surface area contributed by atoms with Crippen molar-refractivity contribution in [3.8, 4) is 0 Å². The Morgan fingerprint density at radius 1 is 1.04 bits per heavy atom. The topological polar surface area (TPSA) is 15.3 Å². The van der Waals surface area contributed by atoms with Gasteiger partial charge in [-0.3, -0.25) is 4.90 Å². The number of benzene rings is 1.